The van der Waals surface area contributed by atoms with Gasteiger partial charge in [0.25, 0.3) is 0 Å². The van der Waals surface area contributed by atoms with Gasteiger partial charge in [0, 0.05) is 36.9 Å². The quantitative estimate of drug-likeness (QED) is 0.207. The van der Waals surface area contributed by atoms with E-state index >= 15 is 0 Å². The van der Waals surface area contributed by atoms with Gasteiger partial charge < -0.3 is 4.74 Å². The van der Waals surface area contributed by atoms with Gasteiger partial charge in [-0.2, -0.15) is 0 Å². The van der Waals surface area contributed by atoms with Gasteiger partial charge in [-0.05, 0) is 53.8 Å². The van der Waals surface area contributed by atoms with Crippen LogP contribution in [0.5, 0.6) is 5.75 Å². The number of thiophene rings is 1. The Kier molecular flexibility index (Phi) is 5.91. The van der Waals surface area contributed by atoms with E-state index in [-0.39, 0.29) is 12.0 Å². The average molecular weight is 586 g/mol. The molecule has 9 rings (SSSR count). The number of nitrogens with zero attached hydrogens (tertiary/aromatic N) is 3. The molecule has 2 unspecified atom stereocenters. The summed E-state index contributed by atoms with van der Waals surface area (Å²) in [5, 5.41) is 2.50. The summed E-state index contributed by atoms with van der Waals surface area (Å²) in [7, 11) is 0. The fourth-order valence-corrected chi connectivity index (χ4v) is 7.97. The van der Waals surface area contributed by atoms with E-state index in [1.165, 1.54) is 36.9 Å². The van der Waals surface area contributed by atoms with Gasteiger partial charge >= 0.3 is 0 Å². The van der Waals surface area contributed by atoms with Gasteiger partial charge in [0.1, 0.15) is 11.9 Å². The lowest BCUT2D eigenvalue weighted by molar-refractivity contribution is 0.265. The van der Waals surface area contributed by atoms with Gasteiger partial charge in [-0.3, -0.25) is 0 Å². The van der Waals surface area contributed by atoms with E-state index in [4.69, 9.17) is 19.7 Å². The van der Waals surface area contributed by atoms with Crippen LogP contribution >= 0.6 is 11.3 Å². The van der Waals surface area contributed by atoms with Crippen LogP contribution in [-0.2, 0) is 0 Å². The predicted octanol–water partition coefficient (Wildman–Crippen LogP) is 9.72. The van der Waals surface area contributed by atoms with Crippen LogP contribution in [0.1, 0.15) is 30.1 Å². The second kappa shape index (κ2) is 10.2. The van der Waals surface area contributed by atoms with Crippen molar-refractivity contribution in [3.05, 3.63) is 150 Å². The highest BCUT2D eigenvalue weighted by molar-refractivity contribution is 7.26. The fraction of sp³-hybridized carbons (Fsp3) is 0.103. The van der Waals surface area contributed by atoms with E-state index in [1.807, 2.05) is 24.3 Å². The first-order chi connectivity index (χ1) is 21.8. The van der Waals surface area contributed by atoms with Gasteiger partial charge in [-0.15, -0.1) is 11.3 Å². The number of allylic oxidation sites excluding steroid dienone is 6. The van der Waals surface area contributed by atoms with Crippen LogP contribution in [0.25, 0.3) is 48.5 Å². The molecule has 4 nitrogen and oxygen atoms in total. The summed E-state index contributed by atoms with van der Waals surface area (Å²) in [5.41, 5.74) is 7.12. The third-order valence-electron chi connectivity index (χ3n) is 8.88. The largest absolute Gasteiger partial charge is 0.485 e. The molecule has 0 fully saturated rings. The summed E-state index contributed by atoms with van der Waals surface area (Å²) in [4.78, 5) is 15.2. The molecule has 2 aliphatic carbocycles. The molecule has 44 heavy (non-hydrogen) atoms. The highest BCUT2D eigenvalue weighted by Crippen LogP contribution is 2.48. The molecule has 0 bridgehead atoms. The molecule has 1 aliphatic heterocycles. The second-order valence-corrected chi connectivity index (χ2v) is 12.5. The maximum absolute atomic E-state index is 6.29. The van der Waals surface area contributed by atoms with Crippen molar-refractivity contribution in [1.29, 1.82) is 0 Å². The van der Waals surface area contributed by atoms with Crippen molar-refractivity contribution in [2.24, 2.45) is 0 Å². The number of hydrogen-bond donors (Lipinski definition) is 0. The molecule has 0 N–H and O–H groups in total. The van der Waals surface area contributed by atoms with Gasteiger partial charge in [0.15, 0.2) is 17.5 Å². The molecule has 210 valence electrons. The maximum atomic E-state index is 6.29. The van der Waals surface area contributed by atoms with Crippen molar-refractivity contribution < 1.29 is 4.74 Å². The first-order valence-corrected chi connectivity index (χ1v) is 15.9. The van der Waals surface area contributed by atoms with Gasteiger partial charge in [-0.1, -0.05) is 103 Å². The molecule has 0 saturated carbocycles. The van der Waals surface area contributed by atoms with Crippen LogP contribution in [0.2, 0.25) is 0 Å². The molecule has 5 heteroatoms. The Bertz CT molecular complexity index is 2220. The Labute approximate surface area is 259 Å². The van der Waals surface area contributed by atoms with Crippen molar-refractivity contribution in [1.82, 2.24) is 15.0 Å². The van der Waals surface area contributed by atoms with Crippen LogP contribution < -0.4 is 4.74 Å². The maximum Gasteiger partial charge on any atom is 0.165 e. The van der Waals surface area contributed by atoms with Crippen LogP contribution in [0, 0.1) is 0 Å². The zero-order chi connectivity index (χ0) is 29.0. The fourth-order valence-electron chi connectivity index (χ4n) is 6.75. The summed E-state index contributed by atoms with van der Waals surface area (Å²) < 4.78 is 8.76. The molecule has 0 saturated heterocycles. The predicted molar refractivity (Wildman–Crippen MR) is 180 cm³/mol. The van der Waals surface area contributed by atoms with Gasteiger partial charge in [0.05, 0.1) is 5.92 Å². The highest BCUT2D eigenvalue weighted by atomic mass is 32.1. The van der Waals surface area contributed by atoms with Crippen molar-refractivity contribution in [2.75, 3.05) is 0 Å². The second-order valence-electron chi connectivity index (χ2n) is 11.4. The number of para-hydroxylation sites is 1. The van der Waals surface area contributed by atoms with Crippen LogP contribution in [0.3, 0.4) is 0 Å². The SMILES string of the molecule is C1=CC2Oc3ccccc3C2C(C2=CC=C(c3nc(-c4ccccc4)nc(-c4cccc5c4sc4ccccc45)n3)CC2)=C1. The topological polar surface area (TPSA) is 47.9 Å². The summed E-state index contributed by atoms with van der Waals surface area (Å²) in [5.74, 6) is 3.37. The van der Waals surface area contributed by atoms with Crippen LogP contribution in [-0.4, -0.2) is 21.1 Å². The van der Waals surface area contributed by atoms with Crippen LogP contribution in [0.15, 0.2) is 139 Å². The molecular weight excluding hydrogens is 559 g/mol. The lowest BCUT2D eigenvalue weighted by Crippen LogP contribution is -2.21. The van der Waals surface area contributed by atoms with E-state index in [0.717, 1.165) is 41.1 Å². The minimum absolute atomic E-state index is 0.0507. The van der Waals surface area contributed by atoms with Crippen molar-refractivity contribution in [3.63, 3.8) is 0 Å². The number of ether oxygens (including phenoxy) is 1. The monoisotopic (exact) mass is 585 g/mol. The summed E-state index contributed by atoms with van der Waals surface area (Å²) in [6, 6.07) is 33.7. The molecule has 4 aromatic carbocycles. The number of benzene rings is 4. The standard InChI is InChI=1S/C39H27N3OS/c1-2-10-25(11-3-1)37-40-38(42-39(41-37)31-16-8-15-29-28-12-5-7-19-34(28)44-36(29)31)26-22-20-24(21-23-26)27-14-9-18-33-35(27)30-13-4-6-17-32(30)43-33/h1-20,22,33,35H,21,23H2. The summed E-state index contributed by atoms with van der Waals surface area (Å²) in [6.07, 6.45) is 12.9. The van der Waals surface area contributed by atoms with E-state index < -0.39 is 0 Å². The Morgan fingerprint density at radius 2 is 1.39 bits per heavy atom. The van der Waals surface area contributed by atoms with E-state index in [0.29, 0.717) is 11.6 Å². The van der Waals surface area contributed by atoms with Crippen LogP contribution in [0.4, 0.5) is 0 Å². The molecule has 3 aliphatic rings. The Balaban J connectivity index is 1.15. The summed E-state index contributed by atoms with van der Waals surface area (Å²) >= 11 is 1.80. The van der Waals surface area contributed by atoms with Crippen molar-refractivity contribution in [3.8, 4) is 28.5 Å². The summed E-state index contributed by atoms with van der Waals surface area (Å²) in [6.45, 7) is 0. The Morgan fingerprint density at radius 1 is 0.636 bits per heavy atom. The van der Waals surface area contributed by atoms with E-state index in [2.05, 4.69) is 103 Å². The number of fused-ring (bicyclic) bond motifs is 6. The van der Waals surface area contributed by atoms with Crippen molar-refractivity contribution in [2.45, 2.75) is 24.9 Å². The molecule has 2 atom stereocenters. The minimum atomic E-state index is 0.0507. The van der Waals surface area contributed by atoms with E-state index in [1.54, 1.807) is 11.3 Å². The highest BCUT2D eigenvalue weighted by Gasteiger charge is 2.37. The normalized spacial score (nSPS) is 18.8. The van der Waals surface area contributed by atoms with Gasteiger partial charge in [0.2, 0.25) is 0 Å². The average Bonchev–Trinajstić information content (AvgIpc) is 3.67. The number of hydrogen-bond acceptors (Lipinski definition) is 5. The lowest BCUT2D eigenvalue weighted by Gasteiger charge is -2.26. The zero-order valence-corrected chi connectivity index (χ0v) is 24.7. The van der Waals surface area contributed by atoms with Gasteiger partial charge in [-0.25, -0.2) is 15.0 Å². The zero-order valence-electron chi connectivity index (χ0n) is 23.9. The third kappa shape index (κ3) is 4.15. The molecule has 6 aromatic rings. The number of aromatic nitrogens is 3. The van der Waals surface area contributed by atoms with Crippen molar-refractivity contribution >= 4 is 37.1 Å². The molecule has 2 aromatic heterocycles. The lowest BCUT2D eigenvalue weighted by atomic mass is 9.78. The Hall–Kier alpha value is -5.13. The number of rotatable bonds is 4. The first kappa shape index (κ1) is 25.4. The molecular formula is C39H27N3OS. The molecule has 0 spiro atoms. The minimum Gasteiger partial charge on any atom is -0.485 e. The smallest absolute Gasteiger partial charge is 0.165 e. The first-order valence-electron chi connectivity index (χ1n) is 15.1. The molecule has 0 amide bonds. The third-order valence-corrected chi connectivity index (χ3v) is 10.1. The Morgan fingerprint density at radius 3 is 2.30 bits per heavy atom. The molecule has 0 radical (unpaired) electrons. The van der Waals surface area contributed by atoms with E-state index in [9.17, 15) is 0 Å². The molecule has 3 heterocycles.